The summed E-state index contributed by atoms with van der Waals surface area (Å²) in [6.45, 7) is 1.92. The highest BCUT2D eigenvalue weighted by molar-refractivity contribution is 5.35. The number of rotatable bonds is 7. The van der Waals surface area contributed by atoms with E-state index in [9.17, 15) is 18.3 Å². The summed E-state index contributed by atoms with van der Waals surface area (Å²) in [5.41, 5.74) is -0.869. The Morgan fingerprint density at radius 3 is 2.67 bits per heavy atom. The van der Waals surface area contributed by atoms with Gasteiger partial charge in [-0.25, -0.2) is 0 Å². The van der Waals surface area contributed by atoms with Crippen LogP contribution in [-0.2, 0) is 12.7 Å². The van der Waals surface area contributed by atoms with Gasteiger partial charge >= 0.3 is 6.18 Å². The molecule has 0 aliphatic rings. The van der Waals surface area contributed by atoms with Crippen molar-refractivity contribution in [1.82, 2.24) is 15.0 Å². The van der Waals surface area contributed by atoms with Crippen LogP contribution in [0, 0.1) is 6.92 Å². The van der Waals surface area contributed by atoms with Crippen LogP contribution in [0.4, 0.5) is 13.2 Å². The van der Waals surface area contributed by atoms with Gasteiger partial charge in [-0.1, -0.05) is 17.3 Å². The molecule has 0 bridgehead atoms. The maximum atomic E-state index is 12.9. The quantitative estimate of drug-likeness (QED) is 0.830. The molecule has 2 aromatic rings. The molecule has 0 saturated carbocycles. The predicted molar refractivity (Wildman–Crippen MR) is 78.3 cm³/mol. The van der Waals surface area contributed by atoms with Crippen LogP contribution < -0.4 is 4.74 Å². The van der Waals surface area contributed by atoms with Gasteiger partial charge in [-0.3, -0.25) is 4.90 Å². The van der Waals surface area contributed by atoms with Crippen molar-refractivity contribution in [2.75, 3.05) is 20.2 Å². The fourth-order valence-electron chi connectivity index (χ4n) is 2.12. The molecule has 1 aromatic heterocycles. The van der Waals surface area contributed by atoms with E-state index in [4.69, 9.17) is 9.26 Å². The summed E-state index contributed by atoms with van der Waals surface area (Å²) >= 11 is 0. The third-order valence-corrected chi connectivity index (χ3v) is 3.12. The number of benzene rings is 1. The summed E-state index contributed by atoms with van der Waals surface area (Å²) in [7, 11) is 1.71. The zero-order valence-electron chi connectivity index (χ0n) is 13.2. The number of ether oxygens (including phenoxy) is 1. The molecule has 1 heterocycles. The largest absolute Gasteiger partial charge is 0.490 e. The Bertz CT molecular complexity index is 661. The van der Waals surface area contributed by atoms with E-state index in [0.29, 0.717) is 18.3 Å². The standard InChI is InChI=1S/C15H18F3N3O3/c1-10-19-14(24-20-10)8-21(2)7-11(22)9-23-13-6-4-3-5-12(13)15(16,17)18/h3-6,11,22H,7-9H2,1-2H3. The van der Waals surface area contributed by atoms with E-state index in [1.807, 2.05) is 0 Å². The second-order valence-electron chi connectivity index (χ2n) is 5.39. The molecule has 1 N–H and O–H groups in total. The number of hydrogen-bond donors (Lipinski definition) is 1. The van der Waals surface area contributed by atoms with E-state index in [1.54, 1.807) is 18.9 Å². The van der Waals surface area contributed by atoms with Crippen molar-refractivity contribution in [2.24, 2.45) is 0 Å². The third-order valence-electron chi connectivity index (χ3n) is 3.12. The average molecular weight is 345 g/mol. The highest BCUT2D eigenvalue weighted by Crippen LogP contribution is 2.35. The molecule has 0 amide bonds. The highest BCUT2D eigenvalue weighted by atomic mass is 19.4. The van der Waals surface area contributed by atoms with Gasteiger partial charge in [-0.2, -0.15) is 18.2 Å². The van der Waals surface area contributed by atoms with E-state index >= 15 is 0 Å². The summed E-state index contributed by atoms with van der Waals surface area (Å²) in [5.74, 6) is 0.593. The first-order valence-electron chi connectivity index (χ1n) is 7.20. The molecule has 1 aromatic carbocycles. The number of aliphatic hydroxyl groups is 1. The fraction of sp³-hybridized carbons (Fsp3) is 0.467. The van der Waals surface area contributed by atoms with Gasteiger partial charge in [0.15, 0.2) is 5.82 Å². The zero-order chi connectivity index (χ0) is 17.7. The maximum absolute atomic E-state index is 12.9. The minimum atomic E-state index is -4.51. The molecule has 9 heteroatoms. The Balaban J connectivity index is 1.86. The molecule has 0 fully saturated rings. The van der Waals surface area contributed by atoms with E-state index < -0.39 is 17.8 Å². The molecule has 0 saturated heterocycles. The van der Waals surface area contributed by atoms with E-state index in [0.717, 1.165) is 6.07 Å². The van der Waals surface area contributed by atoms with Crippen molar-refractivity contribution in [2.45, 2.75) is 25.7 Å². The molecule has 0 aliphatic heterocycles. The number of aromatic nitrogens is 2. The predicted octanol–water partition coefficient (Wildman–Crippen LogP) is 2.27. The molecule has 0 spiro atoms. The SMILES string of the molecule is Cc1noc(CN(C)CC(O)COc2ccccc2C(F)(F)F)n1. The first-order valence-corrected chi connectivity index (χ1v) is 7.20. The average Bonchev–Trinajstić information content (AvgIpc) is 2.89. The normalized spacial score (nSPS) is 13.3. The van der Waals surface area contributed by atoms with Gasteiger partial charge in [-0.15, -0.1) is 0 Å². The lowest BCUT2D eigenvalue weighted by atomic mass is 10.2. The van der Waals surface area contributed by atoms with Gasteiger partial charge in [0.2, 0.25) is 5.89 Å². The van der Waals surface area contributed by atoms with E-state index in [1.165, 1.54) is 18.2 Å². The number of nitrogens with zero attached hydrogens (tertiary/aromatic N) is 3. The van der Waals surface area contributed by atoms with Crippen molar-refractivity contribution in [3.05, 3.63) is 41.5 Å². The summed E-state index contributed by atoms with van der Waals surface area (Å²) in [5, 5.41) is 13.6. The van der Waals surface area contributed by atoms with Crippen molar-refractivity contribution >= 4 is 0 Å². The molecule has 0 radical (unpaired) electrons. The lowest BCUT2D eigenvalue weighted by Crippen LogP contribution is -2.33. The van der Waals surface area contributed by atoms with Gasteiger partial charge in [0.1, 0.15) is 18.5 Å². The van der Waals surface area contributed by atoms with Gasteiger partial charge in [0, 0.05) is 6.54 Å². The monoisotopic (exact) mass is 345 g/mol. The van der Waals surface area contributed by atoms with E-state index in [2.05, 4.69) is 10.1 Å². The topological polar surface area (TPSA) is 71.6 Å². The summed E-state index contributed by atoms with van der Waals surface area (Å²) < 4.78 is 48.7. The molecule has 6 nitrogen and oxygen atoms in total. The van der Waals surface area contributed by atoms with Crippen LogP contribution in [0.2, 0.25) is 0 Å². The molecular weight excluding hydrogens is 327 g/mol. The molecule has 1 unspecified atom stereocenters. The highest BCUT2D eigenvalue weighted by Gasteiger charge is 2.34. The number of likely N-dealkylation sites (N-methyl/N-ethyl adjacent to an activating group) is 1. The fourth-order valence-corrected chi connectivity index (χ4v) is 2.12. The van der Waals surface area contributed by atoms with Crippen molar-refractivity contribution in [3.63, 3.8) is 0 Å². The lowest BCUT2D eigenvalue weighted by Gasteiger charge is -2.20. The van der Waals surface area contributed by atoms with Crippen LogP contribution in [-0.4, -0.2) is 46.5 Å². The molecule has 132 valence electrons. The Morgan fingerprint density at radius 2 is 2.04 bits per heavy atom. The zero-order valence-corrected chi connectivity index (χ0v) is 13.2. The van der Waals surface area contributed by atoms with Crippen molar-refractivity contribution in [1.29, 1.82) is 0 Å². The Hall–Kier alpha value is -2.13. The van der Waals surface area contributed by atoms with Crippen LogP contribution in [0.1, 0.15) is 17.3 Å². The smallest absolute Gasteiger partial charge is 0.419 e. The summed E-state index contributed by atoms with van der Waals surface area (Å²) in [6.07, 6.45) is -5.48. The van der Waals surface area contributed by atoms with Gasteiger partial charge in [-0.05, 0) is 26.1 Å². The molecular formula is C15H18F3N3O3. The Morgan fingerprint density at radius 1 is 1.33 bits per heavy atom. The molecule has 2 rings (SSSR count). The maximum Gasteiger partial charge on any atom is 0.419 e. The van der Waals surface area contributed by atoms with Crippen molar-refractivity contribution < 1.29 is 27.5 Å². The second kappa shape index (κ2) is 7.63. The van der Waals surface area contributed by atoms with Crippen LogP contribution >= 0.6 is 0 Å². The minimum Gasteiger partial charge on any atom is -0.490 e. The van der Waals surface area contributed by atoms with Crippen LogP contribution in [0.25, 0.3) is 0 Å². The first-order chi connectivity index (χ1) is 11.3. The number of para-hydroxylation sites is 1. The van der Waals surface area contributed by atoms with Gasteiger partial charge < -0.3 is 14.4 Å². The number of aryl methyl sites for hydroxylation is 1. The van der Waals surface area contributed by atoms with Crippen molar-refractivity contribution in [3.8, 4) is 5.75 Å². The summed E-state index contributed by atoms with van der Waals surface area (Å²) in [6, 6.07) is 4.89. The number of halogens is 3. The number of aliphatic hydroxyl groups excluding tert-OH is 1. The molecule has 0 aliphatic carbocycles. The Kier molecular flexibility index (Phi) is 5.79. The number of alkyl halides is 3. The number of hydrogen-bond acceptors (Lipinski definition) is 6. The third kappa shape index (κ3) is 5.20. The van der Waals surface area contributed by atoms with Crippen LogP contribution in [0.15, 0.2) is 28.8 Å². The van der Waals surface area contributed by atoms with Crippen LogP contribution in [0.5, 0.6) is 5.75 Å². The van der Waals surface area contributed by atoms with Gasteiger partial charge in [0.05, 0.1) is 12.1 Å². The molecule has 24 heavy (non-hydrogen) atoms. The minimum absolute atomic E-state index is 0.176. The second-order valence-corrected chi connectivity index (χ2v) is 5.39. The first kappa shape index (κ1) is 18.2. The summed E-state index contributed by atoms with van der Waals surface area (Å²) in [4.78, 5) is 5.74. The van der Waals surface area contributed by atoms with Gasteiger partial charge in [0.25, 0.3) is 0 Å². The lowest BCUT2D eigenvalue weighted by molar-refractivity contribution is -0.139. The Labute approximate surface area is 136 Å². The van der Waals surface area contributed by atoms with Crippen LogP contribution in [0.3, 0.4) is 0 Å². The van der Waals surface area contributed by atoms with E-state index in [-0.39, 0.29) is 18.9 Å². The molecule has 1 atom stereocenters.